The largest absolute Gasteiger partial charge is 0.383 e. The van der Waals surface area contributed by atoms with Gasteiger partial charge in [-0.25, -0.2) is 4.98 Å². The number of hydrogen-bond acceptors (Lipinski definition) is 3. The van der Waals surface area contributed by atoms with Crippen molar-refractivity contribution in [2.45, 2.75) is 38.6 Å². The van der Waals surface area contributed by atoms with Crippen LogP contribution in [0.15, 0.2) is 12.3 Å². The number of nitrogen functional groups attached to an aromatic ring is 1. The first-order valence-electron chi connectivity index (χ1n) is 5.00. The molecule has 0 bridgehead atoms. The maximum Gasteiger partial charge on any atom is 0.127 e. The van der Waals surface area contributed by atoms with E-state index in [1.54, 1.807) is 6.20 Å². The fraction of sp³-hybridized carbons (Fsp3) is 0.545. The zero-order valence-corrected chi connectivity index (χ0v) is 10.2. The van der Waals surface area contributed by atoms with Gasteiger partial charge >= 0.3 is 0 Å². The Morgan fingerprint density at radius 1 is 1.53 bits per heavy atom. The minimum Gasteiger partial charge on any atom is -0.383 e. The van der Waals surface area contributed by atoms with Gasteiger partial charge in [-0.05, 0) is 24.8 Å². The Morgan fingerprint density at radius 2 is 2.13 bits per heavy atom. The summed E-state index contributed by atoms with van der Waals surface area (Å²) < 4.78 is 0. The lowest BCUT2D eigenvalue weighted by Gasteiger charge is -2.28. The first-order chi connectivity index (χ1) is 6.83. The van der Waals surface area contributed by atoms with Gasteiger partial charge in [0, 0.05) is 17.8 Å². The van der Waals surface area contributed by atoms with Crippen LogP contribution in [-0.2, 0) is 5.41 Å². The lowest BCUT2D eigenvalue weighted by molar-refractivity contribution is 0.438. The summed E-state index contributed by atoms with van der Waals surface area (Å²) in [5.74, 6) is 0.532. The van der Waals surface area contributed by atoms with Crippen LogP contribution in [-0.4, -0.2) is 11.0 Å². The van der Waals surface area contributed by atoms with E-state index < -0.39 is 0 Å². The Kier molecular flexibility index (Phi) is 3.58. The fourth-order valence-corrected chi connectivity index (χ4v) is 2.06. The molecule has 0 aliphatic heterocycles. The van der Waals surface area contributed by atoms with Crippen molar-refractivity contribution in [2.24, 2.45) is 5.73 Å². The molecule has 4 N–H and O–H groups in total. The molecule has 0 radical (unpaired) electrons. The third kappa shape index (κ3) is 3.08. The standard InChI is InChI=1S/C11H18ClN3/c1-7(13)5-11(2,3)9-4-8(12)6-15-10(9)14/h4,6-7H,5,13H2,1-3H3,(H2,14,15). The summed E-state index contributed by atoms with van der Waals surface area (Å²) >= 11 is 5.91. The molecule has 0 aliphatic rings. The van der Waals surface area contributed by atoms with Crippen LogP contribution in [0, 0.1) is 0 Å². The van der Waals surface area contributed by atoms with E-state index in [1.807, 2.05) is 13.0 Å². The molecule has 1 unspecified atom stereocenters. The first kappa shape index (κ1) is 12.3. The van der Waals surface area contributed by atoms with Crippen LogP contribution in [0.5, 0.6) is 0 Å². The Morgan fingerprint density at radius 3 is 2.67 bits per heavy atom. The summed E-state index contributed by atoms with van der Waals surface area (Å²) in [6.07, 6.45) is 2.40. The van der Waals surface area contributed by atoms with Gasteiger partial charge in [0.05, 0.1) is 5.02 Å². The molecule has 0 aliphatic carbocycles. The van der Waals surface area contributed by atoms with Crippen molar-refractivity contribution in [1.29, 1.82) is 0 Å². The maximum absolute atomic E-state index is 5.91. The van der Waals surface area contributed by atoms with Crippen molar-refractivity contribution >= 4 is 17.4 Å². The lowest BCUT2D eigenvalue weighted by atomic mass is 9.79. The van der Waals surface area contributed by atoms with E-state index in [0.717, 1.165) is 12.0 Å². The monoisotopic (exact) mass is 227 g/mol. The van der Waals surface area contributed by atoms with Gasteiger partial charge in [-0.1, -0.05) is 25.4 Å². The van der Waals surface area contributed by atoms with Gasteiger partial charge < -0.3 is 11.5 Å². The molecule has 3 nitrogen and oxygen atoms in total. The molecular formula is C11H18ClN3. The zero-order chi connectivity index (χ0) is 11.6. The Balaban J connectivity index is 3.08. The third-order valence-corrected chi connectivity index (χ3v) is 2.65. The quantitative estimate of drug-likeness (QED) is 0.833. The highest BCUT2D eigenvalue weighted by Crippen LogP contribution is 2.32. The molecule has 0 saturated carbocycles. The van der Waals surface area contributed by atoms with Gasteiger partial charge in [0.2, 0.25) is 0 Å². The summed E-state index contributed by atoms with van der Waals surface area (Å²) in [6, 6.07) is 1.99. The summed E-state index contributed by atoms with van der Waals surface area (Å²) in [4.78, 5) is 4.06. The number of nitrogens with two attached hydrogens (primary N) is 2. The van der Waals surface area contributed by atoms with Crippen molar-refractivity contribution in [2.75, 3.05) is 5.73 Å². The highest BCUT2D eigenvalue weighted by molar-refractivity contribution is 6.30. The minimum absolute atomic E-state index is 0.101. The number of pyridine rings is 1. The summed E-state index contributed by atoms with van der Waals surface area (Å²) in [5.41, 5.74) is 12.5. The average Bonchev–Trinajstić information content (AvgIpc) is 2.06. The second-order valence-electron chi connectivity index (χ2n) is 4.65. The fourth-order valence-electron chi connectivity index (χ4n) is 1.91. The molecule has 0 aromatic carbocycles. The van der Waals surface area contributed by atoms with E-state index in [9.17, 15) is 0 Å². The molecule has 0 spiro atoms. The van der Waals surface area contributed by atoms with Crippen LogP contribution in [0.2, 0.25) is 5.02 Å². The normalized spacial score (nSPS) is 13.9. The van der Waals surface area contributed by atoms with Gasteiger partial charge in [0.15, 0.2) is 0 Å². The van der Waals surface area contributed by atoms with Crippen LogP contribution < -0.4 is 11.5 Å². The van der Waals surface area contributed by atoms with Crippen LogP contribution >= 0.6 is 11.6 Å². The Bertz CT molecular complexity index is 348. The summed E-state index contributed by atoms with van der Waals surface area (Å²) in [7, 11) is 0. The van der Waals surface area contributed by atoms with Gasteiger partial charge in [-0.3, -0.25) is 0 Å². The molecule has 0 saturated heterocycles. The highest BCUT2D eigenvalue weighted by Gasteiger charge is 2.25. The van der Waals surface area contributed by atoms with Crippen LogP contribution in [0.25, 0.3) is 0 Å². The van der Waals surface area contributed by atoms with Crippen molar-refractivity contribution in [3.63, 3.8) is 0 Å². The lowest BCUT2D eigenvalue weighted by Crippen LogP contribution is -2.29. The molecule has 1 heterocycles. The molecule has 1 aromatic rings. The van der Waals surface area contributed by atoms with E-state index in [0.29, 0.717) is 10.8 Å². The van der Waals surface area contributed by atoms with Crippen LogP contribution in [0.4, 0.5) is 5.82 Å². The van der Waals surface area contributed by atoms with E-state index in [1.165, 1.54) is 0 Å². The Hall–Kier alpha value is -0.800. The highest BCUT2D eigenvalue weighted by atomic mass is 35.5. The predicted octanol–water partition coefficient (Wildman–Crippen LogP) is 2.33. The first-order valence-corrected chi connectivity index (χ1v) is 5.38. The van der Waals surface area contributed by atoms with Crippen molar-refractivity contribution in [3.8, 4) is 0 Å². The van der Waals surface area contributed by atoms with E-state index in [4.69, 9.17) is 23.1 Å². The van der Waals surface area contributed by atoms with Crippen LogP contribution in [0.3, 0.4) is 0 Å². The summed E-state index contributed by atoms with van der Waals surface area (Å²) in [6.45, 7) is 6.18. The maximum atomic E-state index is 5.91. The van der Waals surface area contributed by atoms with E-state index in [2.05, 4.69) is 18.8 Å². The SMILES string of the molecule is CC(N)CC(C)(C)c1cc(Cl)cnc1N. The smallest absolute Gasteiger partial charge is 0.127 e. The van der Waals surface area contributed by atoms with E-state index >= 15 is 0 Å². The number of hydrogen-bond donors (Lipinski definition) is 2. The summed E-state index contributed by atoms with van der Waals surface area (Å²) in [5, 5.41) is 0.608. The number of nitrogens with zero attached hydrogens (tertiary/aromatic N) is 1. The number of aromatic nitrogens is 1. The van der Waals surface area contributed by atoms with Crippen LogP contribution in [0.1, 0.15) is 32.8 Å². The average molecular weight is 228 g/mol. The predicted molar refractivity (Wildman–Crippen MR) is 65.0 cm³/mol. The molecule has 1 rings (SSSR count). The van der Waals surface area contributed by atoms with Crippen molar-refractivity contribution in [3.05, 3.63) is 22.8 Å². The second kappa shape index (κ2) is 4.37. The Labute approximate surface area is 95.8 Å². The molecule has 15 heavy (non-hydrogen) atoms. The molecular weight excluding hydrogens is 210 g/mol. The second-order valence-corrected chi connectivity index (χ2v) is 5.09. The molecule has 0 amide bonds. The molecule has 4 heteroatoms. The van der Waals surface area contributed by atoms with E-state index in [-0.39, 0.29) is 11.5 Å². The molecule has 1 atom stereocenters. The number of anilines is 1. The van der Waals surface area contributed by atoms with Gasteiger partial charge in [-0.2, -0.15) is 0 Å². The number of rotatable bonds is 3. The number of halogens is 1. The van der Waals surface area contributed by atoms with Gasteiger partial charge in [-0.15, -0.1) is 0 Å². The molecule has 84 valence electrons. The minimum atomic E-state index is -0.101. The topological polar surface area (TPSA) is 64.9 Å². The third-order valence-electron chi connectivity index (χ3n) is 2.45. The van der Waals surface area contributed by atoms with Gasteiger partial charge in [0.25, 0.3) is 0 Å². The van der Waals surface area contributed by atoms with Crippen molar-refractivity contribution in [1.82, 2.24) is 4.98 Å². The van der Waals surface area contributed by atoms with Gasteiger partial charge in [0.1, 0.15) is 5.82 Å². The molecule has 1 aromatic heterocycles. The van der Waals surface area contributed by atoms with Crippen molar-refractivity contribution < 1.29 is 0 Å². The zero-order valence-electron chi connectivity index (χ0n) is 9.42. The molecule has 0 fully saturated rings.